The number of hydrogen-bond donors (Lipinski definition) is 0. The van der Waals surface area contributed by atoms with E-state index in [0.29, 0.717) is 30.1 Å². The second-order valence-electron chi connectivity index (χ2n) is 10.2. The predicted octanol–water partition coefficient (Wildman–Crippen LogP) is 5.07. The van der Waals surface area contributed by atoms with Crippen LogP contribution in [0.4, 0.5) is 18.9 Å². The van der Waals surface area contributed by atoms with Crippen LogP contribution in [0.2, 0.25) is 0 Å². The van der Waals surface area contributed by atoms with Gasteiger partial charge in [-0.15, -0.1) is 0 Å². The number of fused-ring (bicyclic) bond motifs is 1. The zero-order chi connectivity index (χ0) is 30.8. The minimum Gasteiger partial charge on any atom is -0.497 e. The molecule has 0 unspecified atom stereocenters. The van der Waals surface area contributed by atoms with Crippen molar-refractivity contribution in [2.24, 2.45) is 0 Å². The van der Waals surface area contributed by atoms with Gasteiger partial charge in [0.1, 0.15) is 11.4 Å². The molecule has 0 saturated heterocycles. The summed E-state index contributed by atoms with van der Waals surface area (Å²) in [7, 11) is 4.66. The summed E-state index contributed by atoms with van der Waals surface area (Å²) >= 11 is 0. The van der Waals surface area contributed by atoms with Crippen LogP contribution in [0.25, 0.3) is 5.69 Å². The van der Waals surface area contributed by atoms with Gasteiger partial charge < -0.3 is 19.4 Å². The molecule has 0 radical (unpaired) electrons. The van der Waals surface area contributed by atoms with Crippen LogP contribution in [0, 0.1) is 0 Å². The number of alkyl halides is 3. The minimum atomic E-state index is -4.82. The van der Waals surface area contributed by atoms with Crippen LogP contribution in [0.3, 0.4) is 0 Å². The second-order valence-corrected chi connectivity index (χ2v) is 10.2. The van der Waals surface area contributed by atoms with Gasteiger partial charge in [0.15, 0.2) is 5.69 Å². The first kappa shape index (κ1) is 30.6. The summed E-state index contributed by atoms with van der Waals surface area (Å²) in [6.07, 6.45) is -3.32. The third-order valence-corrected chi connectivity index (χ3v) is 7.23. The van der Waals surface area contributed by atoms with Crippen molar-refractivity contribution in [3.05, 3.63) is 70.5 Å². The summed E-state index contributed by atoms with van der Waals surface area (Å²) in [6, 6.07) is 10.7. The molecule has 1 aliphatic heterocycles. The van der Waals surface area contributed by atoms with Gasteiger partial charge in [-0.25, -0.2) is 4.68 Å². The van der Waals surface area contributed by atoms with Gasteiger partial charge in [-0.1, -0.05) is 13.3 Å². The SMILES string of the molecule is CCCCN(CC)C(=O)c1cc(OC)ccc1-n1nc(C(F)(F)F)c2c1C(=O)N(c1ccc(C(=O)N(C)C)cc1)CC2. The van der Waals surface area contributed by atoms with Gasteiger partial charge in [-0.05, 0) is 62.2 Å². The molecule has 224 valence electrons. The number of aromatic nitrogens is 2. The Morgan fingerprint density at radius 2 is 1.74 bits per heavy atom. The van der Waals surface area contributed by atoms with Crippen LogP contribution >= 0.6 is 0 Å². The highest BCUT2D eigenvalue weighted by Crippen LogP contribution is 2.38. The summed E-state index contributed by atoms with van der Waals surface area (Å²) in [5.74, 6) is -0.984. The lowest BCUT2D eigenvalue weighted by atomic mass is 10.0. The Hall–Kier alpha value is -4.35. The predicted molar refractivity (Wildman–Crippen MR) is 151 cm³/mol. The van der Waals surface area contributed by atoms with E-state index >= 15 is 0 Å². The van der Waals surface area contributed by atoms with E-state index in [0.717, 1.165) is 17.5 Å². The fourth-order valence-corrected chi connectivity index (χ4v) is 4.97. The van der Waals surface area contributed by atoms with Gasteiger partial charge in [0.2, 0.25) is 0 Å². The van der Waals surface area contributed by atoms with E-state index in [1.807, 2.05) is 13.8 Å². The number of carbonyl (C=O) groups is 3. The summed E-state index contributed by atoms with van der Waals surface area (Å²) < 4.78 is 48.9. The fraction of sp³-hybridized carbons (Fsp3) is 0.400. The molecule has 2 aromatic carbocycles. The van der Waals surface area contributed by atoms with E-state index in [1.165, 1.54) is 35.1 Å². The molecule has 0 fully saturated rings. The molecule has 0 saturated carbocycles. The smallest absolute Gasteiger partial charge is 0.435 e. The van der Waals surface area contributed by atoms with E-state index in [2.05, 4.69) is 5.10 Å². The minimum absolute atomic E-state index is 0.0173. The van der Waals surface area contributed by atoms with Crippen LogP contribution in [0.5, 0.6) is 5.75 Å². The average Bonchev–Trinajstić information content (AvgIpc) is 3.38. The number of rotatable bonds is 9. The molecule has 0 atom stereocenters. The van der Waals surface area contributed by atoms with Gasteiger partial charge in [-0.3, -0.25) is 14.4 Å². The molecular weight excluding hydrogens is 551 g/mol. The van der Waals surface area contributed by atoms with Crippen molar-refractivity contribution < 1.29 is 32.3 Å². The number of methoxy groups -OCH3 is 1. The number of nitrogens with zero attached hydrogens (tertiary/aromatic N) is 5. The molecule has 0 spiro atoms. The Kier molecular flexibility index (Phi) is 8.93. The quantitative estimate of drug-likeness (QED) is 0.350. The van der Waals surface area contributed by atoms with E-state index in [-0.39, 0.29) is 41.4 Å². The Morgan fingerprint density at radius 1 is 1.05 bits per heavy atom. The van der Waals surface area contributed by atoms with Gasteiger partial charge >= 0.3 is 6.18 Å². The van der Waals surface area contributed by atoms with Gasteiger partial charge in [0, 0.05) is 50.5 Å². The molecule has 3 amide bonds. The monoisotopic (exact) mass is 585 g/mol. The maximum atomic E-state index is 14.2. The number of unbranched alkanes of at least 4 members (excludes halogenated alkanes) is 1. The summed E-state index contributed by atoms with van der Waals surface area (Å²) in [6.45, 7) is 4.65. The van der Waals surface area contributed by atoms with Crippen molar-refractivity contribution in [2.45, 2.75) is 39.3 Å². The molecule has 0 N–H and O–H groups in total. The highest BCUT2D eigenvalue weighted by atomic mass is 19.4. The number of halogens is 3. The van der Waals surface area contributed by atoms with Crippen LogP contribution in [0.15, 0.2) is 42.5 Å². The second kappa shape index (κ2) is 12.3. The lowest BCUT2D eigenvalue weighted by molar-refractivity contribution is -0.141. The first-order chi connectivity index (χ1) is 19.9. The summed E-state index contributed by atoms with van der Waals surface area (Å²) in [5.41, 5.74) is -0.709. The van der Waals surface area contributed by atoms with Crippen LogP contribution in [0.1, 0.15) is 69.2 Å². The zero-order valence-corrected chi connectivity index (χ0v) is 24.3. The fourth-order valence-electron chi connectivity index (χ4n) is 4.97. The molecule has 0 aliphatic carbocycles. The van der Waals surface area contributed by atoms with Crippen molar-refractivity contribution in [2.75, 3.05) is 45.7 Å². The molecule has 9 nitrogen and oxygen atoms in total. The standard InChI is InChI=1S/C30H34F3N5O4/c1-6-8-16-36(7-2)28(40)23-18-21(42-5)13-14-24(23)38-25-22(26(34-38)30(31,32)33)15-17-37(29(25)41)20-11-9-19(10-12-20)27(39)35(3)4/h9-14,18H,6-8,15-17H2,1-5H3. The van der Waals surface area contributed by atoms with Crippen LogP contribution in [-0.4, -0.2) is 78.1 Å². The topological polar surface area (TPSA) is 88.0 Å². The van der Waals surface area contributed by atoms with Crippen molar-refractivity contribution in [3.63, 3.8) is 0 Å². The Balaban J connectivity index is 1.85. The molecule has 2 heterocycles. The molecule has 42 heavy (non-hydrogen) atoms. The molecule has 3 aromatic rings. The lowest BCUT2D eigenvalue weighted by Crippen LogP contribution is -2.39. The summed E-state index contributed by atoms with van der Waals surface area (Å²) in [4.78, 5) is 44.3. The van der Waals surface area contributed by atoms with Crippen molar-refractivity contribution in [1.82, 2.24) is 19.6 Å². The van der Waals surface area contributed by atoms with Crippen LogP contribution in [-0.2, 0) is 12.6 Å². The van der Waals surface area contributed by atoms with E-state index in [4.69, 9.17) is 4.74 Å². The first-order valence-corrected chi connectivity index (χ1v) is 13.7. The highest BCUT2D eigenvalue weighted by Gasteiger charge is 2.44. The van der Waals surface area contributed by atoms with Crippen molar-refractivity contribution in [1.29, 1.82) is 0 Å². The van der Waals surface area contributed by atoms with Gasteiger partial charge in [0.05, 0.1) is 18.4 Å². The molecule has 1 aliphatic rings. The number of ether oxygens (including phenoxy) is 1. The third-order valence-electron chi connectivity index (χ3n) is 7.23. The highest BCUT2D eigenvalue weighted by molar-refractivity contribution is 6.08. The maximum Gasteiger partial charge on any atom is 0.435 e. The number of hydrogen-bond acceptors (Lipinski definition) is 5. The molecule has 4 rings (SSSR count). The normalized spacial score (nSPS) is 13.1. The molecule has 1 aromatic heterocycles. The van der Waals surface area contributed by atoms with Crippen molar-refractivity contribution in [3.8, 4) is 11.4 Å². The Bertz CT molecular complexity index is 1480. The molecule has 12 heteroatoms. The average molecular weight is 586 g/mol. The Morgan fingerprint density at radius 3 is 2.31 bits per heavy atom. The van der Waals surface area contributed by atoms with Gasteiger partial charge in [-0.2, -0.15) is 18.3 Å². The summed E-state index contributed by atoms with van der Waals surface area (Å²) in [5, 5.41) is 3.90. The number of anilines is 1. The Labute approximate surface area is 242 Å². The number of carbonyl (C=O) groups excluding carboxylic acids is 3. The van der Waals surface area contributed by atoms with Crippen molar-refractivity contribution >= 4 is 23.4 Å². The van der Waals surface area contributed by atoms with E-state index in [1.54, 1.807) is 43.3 Å². The number of amides is 3. The number of benzene rings is 2. The largest absolute Gasteiger partial charge is 0.497 e. The van der Waals surface area contributed by atoms with E-state index in [9.17, 15) is 27.6 Å². The zero-order valence-electron chi connectivity index (χ0n) is 24.3. The lowest BCUT2D eigenvalue weighted by Gasteiger charge is -2.28. The first-order valence-electron chi connectivity index (χ1n) is 13.7. The third kappa shape index (κ3) is 5.83. The molecule has 0 bridgehead atoms. The van der Waals surface area contributed by atoms with Crippen LogP contribution < -0.4 is 9.64 Å². The maximum absolute atomic E-state index is 14.2. The van der Waals surface area contributed by atoms with E-state index < -0.39 is 23.7 Å². The molecular formula is C30H34F3N5O4. The van der Waals surface area contributed by atoms with Gasteiger partial charge in [0.25, 0.3) is 17.7 Å².